The normalized spacial score (nSPS) is 17.3. The Morgan fingerprint density at radius 3 is 2.29 bits per heavy atom. The van der Waals surface area contributed by atoms with E-state index >= 15 is 0 Å². The number of benzene rings is 1. The molecule has 1 aromatic carbocycles. The highest BCUT2D eigenvalue weighted by Gasteiger charge is 2.50. The Labute approximate surface area is 287 Å². The van der Waals surface area contributed by atoms with Crippen molar-refractivity contribution in [2.45, 2.75) is 88.9 Å². The minimum absolute atomic E-state index is 0.00136. The monoisotopic (exact) mass is 751 g/mol. The number of amides is 1. The van der Waals surface area contributed by atoms with Crippen molar-refractivity contribution in [1.82, 2.24) is 29.2 Å². The summed E-state index contributed by atoms with van der Waals surface area (Å²) < 4.78 is 106. The molecular weight excluding hydrogens is 710 g/mol. The van der Waals surface area contributed by atoms with Crippen LogP contribution in [0.4, 0.5) is 27.6 Å². The molecule has 0 N–H and O–H groups in total. The number of carbonyl (C=O) groups is 1. The molecule has 19 heteroatoms. The Bertz CT molecular complexity index is 1780. The maximum absolute atomic E-state index is 14.5. The third-order valence-electron chi connectivity index (χ3n) is 8.75. The third-order valence-corrected chi connectivity index (χ3v) is 13.4. The van der Waals surface area contributed by atoms with Crippen molar-refractivity contribution in [2.24, 2.45) is 5.92 Å². The molecular formula is C30H42F5N7O4S2Si. The third kappa shape index (κ3) is 8.42. The van der Waals surface area contributed by atoms with Gasteiger partial charge in [0.25, 0.3) is 6.43 Å². The average molecular weight is 752 g/mol. The molecule has 49 heavy (non-hydrogen) atoms. The number of aromatic nitrogens is 4. The first-order valence-electron chi connectivity index (χ1n) is 16.1. The van der Waals surface area contributed by atoms with Crippen molar-refractivity contribution in [2.75, 3.05) is 44.4 Å². The van der Waals surface area contributed by atoms with Gasteiger partial charge in [-0.2, -0.15) is 22.6 Å². The summed E-state index contributed by atoms with van der Waals surface area (Å²) in [6.45, 7) is 11.5. The van der Waals surface area contributed by atoms with Crippen molar-refractivity contribution < 1.29 is 39.9 Å². The summed E-state index contributed by atoms with van der Waals surface area (Å²) in [6.07, 6.45) is -6.50. The van der Waals surface area contributed by atoms with Gasteiger partial charge in [0.15, 0.2) is 10.0 Å². The predicted octanol–water partition coefficient (Wildman–Crippen LogP) is 6.21. The van der Waals surface area contributed by atoms with Crippen molar-refractivity contribution in [1.29, 1.82) is 0 Å². The van der Waals surface area contributed by atoms with Crippen LogP contribution in [0.1, 0.15) is 45.0 Å². The van der Waals surface area contributed by atoms with Gasteiger partial charge in [0.1, 0.15) is 19.0 Å². The van der Waals surface area contributed by atoms with E-state index in [1.54, 1.807) is 23.6 Å². The number of piperazine rings is 1. The van der Waals surface area contributed by atoms with E-state index in [0.29, 0.717) is 35.5 Å². The number of ether oxygens (including phenoxy) is 1. The molecule has 1 saturated carbocycles. The molecule has 2 fully saturated rings. The van der Waals surface area contributed by atoms with Gasteiger partial charge in [-0.05, 0) is 37.9 Å². The number of rotatable bonds is 13. The van der Waals surface area contributed by atoms with Gasteiger partial charge in [-0.1, -0.05) is 44.8 Å². The zero-order valence-corrected chi connectivity index (χ0v) is 31.0. The van der Waals surface area contributed by atoms with Crippen LogP contribution >= 0.6 is 11.3 Å². The van der Waals surface area contributed by atoms with Crippen LogP contribution in [-0.4, -0.2) is 103 Å². The summed E-state index contributed by atoms with van der Waals surface area (Å²) >= 11 is 0.474. The topological polar surface area (TPSA) is 114 Å². The van der Waals surface area contributed by atoms with E-state index in [4.69, 9.17) is 4.74 Å². The highest BCUT2D eigenvalue weighted by atomic mass is 32.2. The van der Waals surface area contributed by atoms with Gasteiger partial charge >= 0.3 is 6.18 Å². The number of anilines is 1. The quantitative estimate of drug-likeness (QED) is 0.0877. The van der Waals surface area contributed by atoms with E-state index in [0.717, 1.165) is 6.04 Å². The van der Waals surface area contributed by atoms with E-state index in [9.17, 15) is 35.2 Å². The number of nitrogens with zero attached hydrogens (tertiary/aromatic N) is 7. The Morgan fingerprint density at radius 2 is 1.76 bits per heavy atom. The first-order valence-corrected chi connectivity index (χ1v) is 22.0. The lowest BCUT2D eigenvalue weighted by molar-refractivity contribution is -0.141. The lowest BCUT2D eigenvalue weighted by Gasteiger charge is -2.37. The van der Waals surface area contributed by atoms with Gasteiger partial charge in [-0.3, -0.25) is 9.48 Å². The van der Waals surface area contributed by atoms with Crippen LogP contribution in [0.2, 0.25) is 25.7 Å². The number of hydrogen-bond donors (Lipinski definition) is 0. The van der Waals surface area contributed by atoms with Crippen LogP contribution in [0.5, 0.6) is 0 Å². The highest BCUT2D eigenvalue weighted by Crippen LogP contribution is 2.46. The van der Waals surface area contributed by atoms with E-state index in [-0.39, 0.29) is 76.9 Å². The molecule has 0 atom stereocenters. The van der Waals surface area contributed by atoms with Crippen molar-refractivity contribution in [3.05, 3.63) is 17.1 Å². The summed E-state index contributed by atoms with van der Waals surface area (Å²) in [4.78, 5) is 15.9. The molecule has 2 aliphatic rings. The van der Waals surface area contributed by atoms with Gasteiger partial charge < -0.3 is 14.5 Å². The molecule has 0 spiro atoms. The van der Waals surface area contributed by atoms with E-state index in [1.165, 1.54) is 16.4 Å². The van der Waals surface area contributed by atoms with Crippen LogP contribution in [0.15, 0.2) is 17.0 Å². The van der Waals surface area contributed by atoms with Gasteiger partial charge in [-0.25, -0.2) is 17.2 Å². The fourth-order valence-electron chi connectivity index (χ4n) is 5.65. The molecule has 1 aliphatic heterocycles. The zero-order valence-electron chi connectivity index (χ0n) is 28.4. The molecule has 0 bridgehead atoms. The lowest BCUT2D eigenvalue weighted by Crippen LogP contribution is -2.50. The fraction of sp³-hybridized carbons (Fsp3) is 0.667. The molecule has 1 saturated heterocycles. The van der Waals surface area contributed by atoms with Crippen LogP contribution < -0.4 is 4.90 Å². The second-order valence-electron chi connectivity index (χ2n) is 14.4. The number of sulfonamides is 1. The van der Waals surface area contributed by atoms with Crippen molar-refractivity contribution >= 4 is 51.9 Å². The molecule has 1 amide bonds. The summed E-state index contributed by atoms with van der Waals surface area (Å²) in [5.74, 6) is -0.325. The number of fused-ring (bicyclic) bond motifs is 1. The molecule has 11 nitrogen and oxygen atoms in total. The molecule has 5 rings (SSSR count). The summed E-state index contributed by atoms with van der Waals surface area (Å²) in [5, 5.41) is 10.7. The predicted molar refractivity (Wildman–Crippen MR) is 179 cm³/mol. The van der Waals surface area contributed by atoms with Crippen LogP contribution in [0.25, 0.3) is 21.6 Å². The van der Waals surface area contributed by atoms with E-state index in [1.807, 2.05) is 6.92 Å². The minimum Gasteiger partial charge on any atom is -0.366 e. The fourth-order valence-corrected chi connectivity index (χ4v) is 8.86. The highest BCUT2D eigenvalue weighted by molar-refractivity contribution is 7.89. The van der Waals surface area contributed by atoms with Crippen LogP contribution in [-0.2, 0) is 26.1 Å². The lowest BCUT2D eigenvalue weighted by atomic mass is 10.1. The van der Waals surface area contributed by atoms with Crippen molar-refractivity contribution in [3.63, 3.8) is 0 Å². The maximum atomic E-state index is 14.5. The van der Waals surface area contributed by atoms with Gasteiger partial charge in [0.2, 0.25) is 15.9 Å². The zero-order chi connectivity index (χ0) is 36.1. The number of carbonyl (C=O) groups excluding carboxylic acids is 1. The standard InChI is InChI=1S/C30H42F5N7O4S2Si/c1-19(2)28(43)40-11-9-39(10-12-40)22-16-20(48(44,45)42(29(3)7-8-29)18-46-13-14-49(4,5)6)15-21-23(26-36-37-27(47-26)25(31)32)38-41(24(21)22)17-30(33,34)35/h15-16,19,25H,7-14,17-18H2,1-6H3. The second kappa shape index (κ2) is 13.8. The Morgan fingerprint density at radius 1 is 1.10 bits per heavy atom. The number of halogens is 5. The molecule has 2 aromatic heterocycles. The summed E-state index contributed by atoms with van der Waals surface area (Å²) in [7, 11) is -5.79. The first-order chi connectivity index (χ1) is 22.7. The Kier molecular flexibility index (Phi) is 10.5. The Balaban J connectivity index is 1.66. The van der Waals surface area contributed by atoms with Gasteiger partial charge in [0, 0.05) is 57.7 Å². The van der Waals surface area contributed by atoms with E-state index in [2.05, 4.69) is 34.9 Å². The SMILES string of the molecule is CC(C)C(=O)N1CCN(c2cc(S(=O)(=O)N(COCC[Si](C)(C)C)C3(C)CC3)cc3c(-c4nnc(C(F)F)s4)nn(CC(F)(F)F)c23)CC1. The first kappa shape index (κ1) is 37.5. The number of hydrogen-bond acceptors (Lipinski definition) is 9. The average Bonchev–Trinajstić information content (AvgIpc) is 3.39. The largest absolute Gasteiger partial charge is 0.408 e. The Hall–Kier alpha value is -2.74. The minimum atomic E-state index is -4.72. The molecule has 0 radical (unpaired) electrons. The summed E-state index contributed by atoms with van der Waals surface area (Å²) in [5.41, 5.74) is -0.773. The van der Waals surface area contributed by atoms with Crippen molar-refractivity contribution in [3.8, 4) is 10.7 Å². The maximum Gasteiger partial charge on any atom is 0.408 e. The van der Waals surface area contributed by atoms with E-state index < -0.39 is 47.8 Å². The smallest absolute Gasteiger partial charge is 0.366 e. The van der Waals surface area contributed by atoms with Crippen LogP contribution in [0.3, 0.4) is 0 Å². The second-order valence-corrected chi connectivity index (χ2v) is 22.9. The molecule has 0 unspecified atom stereocenters. The number of alkyl halides is 5. The van der Waals surface area contributed by atoms with Gasteiger partial charge in [-0.15, -0.1) is 10.2 Å². The molecule has 3 heterocycles. The molecule has 3 aromatic rings. The van der Waals surface area contributed by atoms with Crippen LogP contribution in [0, 0.1) is 5.92 Å². The summed E-state index contributed by atoms with van der Waals surface area (Å²) in [6, 6.07) is 3.41. The molecule has 272 valence electrons. The molecule has 1 aliphatic carbocycles. The van der Waals surface area contributed by atoms with Gasteiger partial charge in [0.05, 0.1) is 16.1 Å².